The minimum Gasteiger partial charge on any atom is -0.507 e. The molecule has 1 aromatic rings. The summed E-state index contributed by atoms with van der Waals surface area (Å²) in [6, 6.07) is 3.78. The molecule has 2 rings (SSSR count). The zero-order valence-electron chi connectivity index (χ0n) is 15.5. The van der Waals surface area contributed by atoms with Gasteiger partial charge < -0.3 is 15.1 Å². The molecule has 0 aliphatic carbocycles. The molecule has 0 fully saturated rings. The molecule has 2 N–H and O–H groups in total. The van der Waals surface area contributed by atoms with Crippen LogP contribution in [0.3, 0.4) is 0 Å². The molecule has 0 saturated carbocycles. The normalized spacial score (nSPS) is 21.4. The quantitative estimate of drug-likeness (QED) is 0.859. The first-order valence-electron chi connectivity index (χ1n) is 8.12. The van der Waals surface area contributed by atoms with Gasteiger partial charge in [0, 0.05) is 23.1 Å². The van der Waals surface area contributed by atoms with Crippen LogP contribution in [-0.4, -0.2) is 27.5 Å². The molecule has 1 atom stereocenters. The molecule has 0 spiro atoms. The smallest absolute Gasteiger partial charge is 0.351 e. The lowest BCUT2D eigenvalue weighted by atomic mass is 9.77. The fourth-order valence-electron chi connectivity index (χ4n) is 2.75. The molecule has 1 heterocycles. The van der Waals surface area contributed by atoms with Gasteiger partial charge in [0.1, 0.15) is 5.75 Å². The fourth-order valence-corrected chi connectivity index (χ4v) is 2.75. The maximum Gasteiger partial charge on any atom is 0.351 e. The molecule has 132 valence electrons. The Morgan fingerprint density at radius 3 is 1.92 bits per heavy atom. The van der Waals surface area contributed by atoms with Crippen molar-refractivity contribution in [2.45, 2.75) is 71.3 Å². The molecule has 1 aliphatic rings. The van der Waals surface area contributed by atoms with Crippen molar-refractivity contribution in [3.05, 3.63) is 28.8 Å². The van der Waals surface area contributed by atoms with E-state index in [0.717, 1.165) is 16.7 Å². The number of phenols is 1. The summed E-state index contributed by atoms with van der Waals surface area (Å²) in [5.74, 6) is -0.744. The third kappa shape index (κ3) is 3.25. The van der Waals surface area contributed by atoms with Crippen LogP contribution in [0.15, 0.2) is 17.3 Å². The molecule has 5 heteroatoms. The molecule has 0 saturated heterocycles. The largest absolute Gasteiger partial charge is 0.507 e. The van der Waals surface area contributed by atoms with Crippen molar-refractivity contribution in [2.75, 3.05) is 0 Å². The molecule has 0 amide bonds. The van der Waals surface area contributed by atoms with Crippen LogP contribution >= 0.6 is 0 Å². The van der Waals surface area contributed by atoms with Crippen molar-refractivity contribution in [1.82, 2.24) is 0 Å². The number of aromatic hydroxyl groups is 1. The highest BCUT2D eigenvalue weighted by Gasteiger charge is 2.43. The number of aliphatic carboxylic acids is 1. The molecular formula is C19H27NO4. The van der Waals surface area contributed by atoms with Gasteiger partial charge in [0.05, 0.1) is 5.71 Å². The van der Waals surface area contributed by atoms with E-state index in [4.69, 9.17) is 4.84 Å². The van der Waals surface area contributed by atoms with Gasteiger partial charge in [-0.25, -0.2) is 4.79 Å². The second-order valence-corrected chi connectivity index (χ2v) is 8.76. The van der Waals surface area contributed by atoms with E-state index < -0.39 is 11.6 Å². The first-order valence-corrected chi connectivity index (χ1v) is 8.12. The lowest BCUT2D eigenvalue weighted by Gasteiger charge is -2.28. The number of hydrogen-bond donors (Lipinski definition) is 2. The van der Waals surface area contributed by atoms with Crippen molar-refractivity contribution < 1.29 is 19.8 Å². The van der Waals surface area contributed by atoms with Gasteiger partial charge in [-0.1, -0.05) is 46.7 Å². The summed E-state index contributed by atoms with van der Waals surface area (Å²) in [6.45, 7) is 13.7. The Balaban J connectivity index is 2.59. The summed E-state index contributed by atoms with van der Waals surface area (Å²) in [4.78, 5) is 16.5. The van der Waals surface area contributed by atoms with Crippen molar-refractivity contribution in [3.63, 3.8) is 0 Å². The summed E-state index contributed by atoms with van der Waals surface area (Å²) in [7, 11) is 0. The standard InChI is InChI=1S/C19H27NO4/c1-17(2,3)12-8-11(9-13(15(12)21)18(4,5)6)14-10-19(7,16(22)23)24-20-14/h8-9,21H,10H2,1-7H3,(H,22,23). The molecule has 1 unspecified atom stereocenters. The highest BCUT2D eigenvalue weighted by Crippen LogP contribution is 2.41. The molecule has 1 aromatic carbocycles. The SMILES string of the molecule is CC1(C(=O)O)CC(c2cc(C(C)(C)C)c(O)c(C(C)(C)C)c2)=NO1. The Morgan fingerprint density at radius 1 is 1.12 bits per heavy atom. The zero-order valence-corrected chi connectivity index (χ0v) is 15.5. The number of carbonyl (C=O) groups is 1. The number of rotatable bonds is 2. The van der Waals surface area contributed by atoms with Crippen LogP contribution < -0.4 is 0 Å². The van der Waals surface area contributed by atoms with E-state index >= 15 is 0 Å². The van der Waals surface area contributed by atoms with E-state index in [-0.39, 0.29) is 17.3 Å². The van der Waals surface area contributed by atoms with E-state index in [1.54, 1.807) is 0 Å². The summed E-state index contributed by atoms with van der Waals surface area (Å²) in [5, 5.41) is 24.1. The number of carboxylic acids is 1. The average Bonchev–Trinajstić information content (AvgIpc) is 2.80. The zero-order chi connectivity index (χ0) is 18.5. The van der Waals surface area contributed by atoms with Crippen molar-refractivity contribution in [3.8, 4) is 5.75 Å². The number of phenolic OH excluding ortho intramolecular Hbond substituents is 1. The summed E-state index contributed by atoms with van der Waals surface area (Å²) >= 11 is 0. The second kappa shape index (κ2) is 5.50. The topological polar surface area (TPSA) is 79.1 Å². The molecule has 24 heavy (non-hydrogen) atoms. The molecule has 0 radical (unpaired) electrons. The lowest BCUT2D eigenvalue weighted by Crippen LogP contribution is -2.35. The lowest BCUT2D eigenvalue weighted by molar-refractivity contribution is -0.160. The minimum atomic E-state index is -1.34. The first kappa shape index (κ1) is 18.3. The van der Waals surface area contributed by atoms with Gasteiger partial charge in [0.2, 0.25) is 5.60 Å². The van der Waals surface area contributed by atoms with Crippen LogP contribution in [0.5, 0.6) is 5.75 Å². The summed E-state index contributed by atoms with van der Waals surface area (Å²) < 4.78 is 0. The van der Waals surface area contributed by atoms with E-state index in [2.05, 4.69) is 5.16 Å². The van der Waals surface area contributed by atoms with Gasteiger partial charge in [-0.15, -0.1) is 0 Å². The van der Waals surface area contributed by atoms with Crippen LogP contribution in [0.25, 0.3) is 0 Å². The predicted molar refractivity (Wildman–Crippen MR) is 93.8 cm³/mol. The molecular weight excluding hydrogens is 306 g/mol. The van der Waals surface area contributed by atoms with Crippen LogP contribution in [0.2, 0.25) is 0 Å². The third-order valence-electron chi connectivity index (χ3n) is 4.37. The number of oxime groups is 1. The molecule has 0 bridgehead atoms. The number of nitrogens with zero attached hydrogens (tertiary/aromatic N) is 1. The van der Waals surface area contributed by atoms with Gasteiger partial charge in [0.25, 0.3) is 0 Å². The Morgan fingerprint density at radius 2 is 1.58 bits per heavy atom. The average molecular weight is 333 g/mol. The fraction of sp³-hybridized carbons (Fsp3) is 0.579. The van der Waals surface area contributed by atoms with Crippen LogP contribution in [0.1, 0.15) is 71.6 Å². The number of benzene rings is 1. The van der Waals surface area contributed by atoms with Gasteiger partial charge in [-0.3, -0.25) is 0 Å². The Labute approximate surface area is 143 Å². The van der Waals surface area contributed by atoms with Gasteiger partial charge in [-0.2, -0.15) is 0 Å². The summed E-state index contributed by atoms with van der Waals surface area (Å²) in [5.41, 5.74) is 1.18. The number of hydrogen-bond acceptors (Lipinski definition) is 4. The Bertz CT molecular complexity index is 672. The van der Waals surface area contributed by atoms with Crippen LogP contribution in [0, 0.1) is 0 Å². The number of carboxylic acid groups (broad SMARTS) is 1. The van der Waals surface area contributed by atoms with Crippen LogP contribution in [0.4, 0.5) is 0 Å². The van der Waals surface area contributed by atoms with Crippen molar-refractivity contribution in [1.29, 1.82) is 0 Å². The van der Waals surface area contributed by atoms with Gasteiger partial charge in [0.15, 0.2) is 0 Å². The maximum absolute atomic E-state index is 11.4. The molecule has 1 aliphatic heterocycles. The second-order valence-electron chi connectivity index (χ2n) is 8.76. The van der Waals surface area contributed by atoms with E-state index in [0.29, 0.717) is 11.5 Å². The van der Waals surface area contributed by atoms with E-state index in [1.807, 2.05) is 53.7 Å². The predicted octanol–water partition coefficient (Wildman–Crippen LogP) is 3.95. The first-order chi connectivity index (χ1) is 10.8. The Hall–Kier alpha value is -2.04. The minimum absolute atomic E-state index is 0.195. The Kier molecular flexibility index (Phi) is 4.20. The van der Waals surface area contributed by atoms with E-state index in [9.17, 15) is 15.0 Å². The van der Waals surface area contributed by atoms with Crippen molar-refractivity contribution >= 4 is 11.7 Å². The monoisotopic (exact) mass is 333 g/mol. The highest BCUT2D eigenvalue weighted by molar-refractivity contribution is 6.05. The summed E-state index contributed by atoms with van der Waals surface area (Å²) in [6.07, 6.45) is 0.195. The maximum atomic E-state index is 11.4. The van der Waals surface area contributed by atoms with E-state index in [1.165, 1.54) is 6.92 Å². The molecule has 0 aromatic heterocycles. The highest BCUT2D eigenvalue weighted by atomic mass is 16.7. The van der Waals surface area contributed by atoms with Gasteiger partial charge in [-0.05, 0) is 29.9 Å². The van der Waals surface area contributed by atoms with Crippen molar-refractivity contribution in [2.24, 2.45) is 5.16 Å². The molecule has 5 nitrogen and oxygen atoms in total. The third-order valence-corrected chi connectivity index (χ3v) is 4.37. The van der Waals surface area contributed by atoms with Crippen LogP contribution in [-0.2, 0) is 20.5 Å². The van der Waals surface area contributed by atoms with Gasteiger partial charge >= 0.3 is 5.97 Å².